The highest BCUT2D eigenvalue weighted by atomic mass is 32.2. The molecule has 0 unspecified atom stereocenters. The molecule has 3 heterocycles. The maximum Gasteiger partial charge on any atom is 0.250 e. The van der Waals surface area contributed by atoms with Crippen LogP contribution < -0.4 is 5.73 Å². The molecule has 1 amide bonds. The molecule has 3 aromatic rings. The summed E-state index contributed by atoms with van der Waals surface area (Å²) in [6.45, 7) is 2.35. The number of aromatic amines is 1. The van der Waals surface area contributed by atoms with E-state index in [4.69, 9.17) is 5.73 Å². The standard InChI is InChI=1S/C27H34N4O4S/c28-27(33)24-16-21(19-5-2-1-3-6-19)15-23-25(17-29-26(23)24)20-8-11-31(12-9-20)36(34,35)14-13-30-10-4-7-22(30)18-32/h1-3,5-6,15-17,20,22,29,32H,4,7-14,18H2,(H2,28,33)/t22-/m0/s1. The van der Waals surface area contributed by atoms with E-state index in [0.29, 0.717) is 25.2 Å². The number of likely N-dealkylation sites (tertiary alicyclic amines) is 1. The summed E-state index contributed by atoms with van der Waals surface area (Å²) in [6.07, 6.45) is 5.32. The van der Waals surface area contributed by atoms with Gasteiger partial charge in [-0.2, -0.15) is 0 Å². The molecule has 0 bridgehead atoms. The Morgan fingerprint density at radius 2 is 1.81 bits per heavy atom. The lowest BCUT2D eigenvalue weighted by atomic mass is 9.88. The van der Waals surface area contributed by atoms with Gasteiger partial charge in [0.15, 0.2) is 0 Å². The molecular weight excluding hydrogens is 476 g/mol. The number of hydrogen-bond acceptors (Lipinski definition) is 5. The molecule has 4 N–H and O–H groups in total. The van der Waals surface area contributed by atoms with Crippen LogP contribution in [0.1, 0.15) is 47.5 Å². The highest BCUT2D eigenvalue weighted by Gasteiger charge is 2.32. The first-order chi connectivity index (χ1) is 17.4. The van der Waals surface area contributed by atoms with Gasteiger partial charge in [0, 0.05) is 37.3 Å². The highest BCUT2D eigenvalue weighted by molar-refractivity contribution is 7.89. The van der Waals surface area contributed by atoms with E-state index in [0.717, 1.165) is 59.8 Å². The van der Waals surface area contributed by atoms with Crippen LogP contribution in [0, 0.1) is 0 Å². The first-order valence-electron chi connectivity index (χ1n) is 12.7. The Balaban J connectivity index is 1.32. The van der Waals surface area contributed by atoms with Crippen molar-refractivity contribution >= 4 is 26.8 Å². The van der Waals surface area contributed by atoms with Crippen LogP contribution in [0.2, 0.25) is 0 Å². The normalized spacial score (nSPS) is 20.3. The Bertz CT molecular complexity index is 1330. The van der Waals surface area contributed by atoms with Gasteiger partial charge in [0.05, 0.1) is 23.4 Å². The Morgan fingerprint density at radius 3 is 2.50 bits per heavy atom. The summed E-state index contributed by atoms with van der Waals surface area (Å²) in [7, 11) is -3.36. The summed E-state index contributed by atoms with van der Waals surface area (Å²) in [4.78, 5) is 17.6. The second-order valence-corrected chi connectivity index (χ2v) is 12.0. The molecule has 192 valence electrons. The van der Waals surface area contributed by atoms with Crippen LogP contribution in [0.4, 0.5) is 0 Å². The number of carbonyl (C=O) groups is 1. The Labute approximate surface area is 212 Å². The number of sulfonamides is 1. The second kappa shape index (κ2) is 10.3. The molecule has 0 spiro atoms. The number of nitrogens with two attached hydrogens (primary N) is 1. The number of rotatable bonds is 8. The molecule has 5 rings (SSSR count). The van der Waals surface area contributed by atoms with E-state index in [1.165, 1.54) is 0 Å². The van der Waals surface area contributed by atoms with E-state index in [1.807, 2.05) is 42.6 Å². The molecule has 36 heavy (non-hydrogen) atoms. The maximum atomic E-state index is 13.0. The van der Waals surface area contributed by atoms with Crippen molar-refractivity contribution in [1.82, 2.24) is 14.2 Å². The van der Waals surface area contributed by atoms with Crippen molar-refractivity contribution in [1.29, 1.82) is 0 Å². The zero-order valence-corrected chi connectivity index (χ0v) is 21.2. The second-order valence-electron chi connectivity index (χ2n) is 9.92. The lowest BCUT2D eigenvalue weighted by Crippen LogP contribution is -2.43. The number of H-pyrrole nitrogens is 1. The number of hydrogen-bond donors (Lipinski definition) is 3. The van der Waals surface area contributed by atoms with E-state index in [-0.39, 0.29) is 24.3 Å². The van der Waals surface area contributed by atoms with Gasteiger partial charge in [-0.25, -0.2) is 12.7 Å². The molecule has 8 nitrogen and oxygen atoms in total. The number of nitrogens with zero attached hydrogens (tertiary/aromatic N) is 2. The van der Waals surface area contributed by atoms with Crippen molar-refractivity contribution < 1.29 is 18.3 Å². The molecule has 2 aliphatic heterocycles. The molecule has 2 aromatic carbocycles. The van der Waals surface area contributed by atoms with Crippen LogP contribution in [-0.4, -0.2) is 78.2 Å². The van der Waals surface area contributed by atoms with Gasteiger partial charge in [-0.05, 0) is 67.0 Å². The van der Waals surface area contributed by atoms with Gasteiger partial charge >= 0.3 is 0 Å². The number of fused-ring (bicyclic) bond motifs is 1. The van der Waals surface area contributed by atoms with E-state index in [2.05, 4.69) is 16.0 Å². The van der Waals surface area contributed by atoms with Gasteiger partial charge in [-0.15, -0.1) is 0 Å². The largest absolute Gasteiger partial charge is 0.395 e. The van der Waals surface area contributed by atoms with Crippen LogP contribution in [0.5, 0.6) is 0 Å². The number of aromatic nitrogens is 1. The van der Waals surface area contributed by atoms with Crippen molar-refractivity contribution in [2.24, 2.45) is 5.73 Å². The van der Waals surface area contributed by atoms with Gasteiger partial charge < -0.3 is 15.8 Å². The van der Waals surface area contributed by atoms with Gasteiger partial charge in [0.1, 0.15) is 0 Å². The van der Waals surface area contributed by atoms with E-state index in [9.17, 15) is 18.3 Å². The van der Waals surface area contributed by atoms with Gasteiger partial charge in [-0.1, -0.05) is 30.3 Å². The summed E-state index contributed by atoms with van der Waals surface area (Å²) in [5.74, 6) is -0.202. The number of piperidine rings is 1. The molecule has 1 atom stereocenters. The fraction of sp³-hybridized carbons (Fsp3) is 0.444. The SMILES string of the molecule is NC(=O)c1cc(-c2ccccc2)cc2c(C3CCN(S(=O)(=O)CCN4CCC[C@H]4CO)CC3)c[nH]c12. The molecule has 0 saturated carbocycles. The van der Waals surface area contributed by atoms with Crippen molar-refractivity contribution in [3.8, 4) is 11.1 Å². The minimum Gasteiger partial charge on any atom is -0.395 e. The summed E-state index contributed by atoms with van der Waals surface area (Å²) >= 11 is 0. The predicted octanol–water partition coefficient (Wildman–Crippen LogP) is 2.90. The monoisotopic (exact) mass is 510 g/mol. The minimum atomic E-state index is -3.36. The number of nitrogens with one attached hydrogen (secondary N) is 1. The molecule has 1 aromatic heterocycles. The fourth-order valence-corrected chi connectivity index (χ4v) is 7.28. The van der Waals surface area contributed by atoms with Crippen LogP contribution in [0.15, 0.2) is 48.7 Å². The van der Waals surface area contributed by atoms with E-state index in [1.54, 1.807) is 4.31 Å². The number of benzene rings is 2. The summed E-state index contributed by atoms with van der Waals surface area (Å²) in [5.41, 5.74) is 9.96. The number of aliphatic hydroxyl groups is 1. The topological polar surface area (TPSA) is 120 Å². The molecule has 0 radical (unpaired) electrons. The van der Waals surface area contributed by atoms with Gasteiger partial charge in [0.25, 0.3) is 5.91 Å². The molecule has 9 heteroatoms. The third-order valence-electron chi connectivity index (χ3n) is 7.83. The first kappa shape index (κ1) is 25.0. The third-order valence-corrected chi connectivity index (χ3v) is 9.68. The van der Waals surface area contributed by atoms with Crippen molar-refractivity contribution in [2.45, 2.75) is 37.6 Å². The Hall–Kier alpha value is -2.72. The van der Waals surface area contributed by atoms with Crippen LogP contribution in [0.25, 0.3) is 22.0 Å². The fourth-order valence-electron chi connectivity index (χ4n) is 5.79. The number of amides is 1. The first-order valence-corrected chi connectivity index (χ1v) is 14.3. The maximum absolute atomic E-state index is 13.0. The van der Waals surface area contributed by atoms with E-state index >= 15 is 0 Å². The lowest BCUT2D eigenvalue weighted by Gasteiger charge is -2.32. The van der Waals surface area contributed by atoms with Crippen molar-refractivity contribution in [3.05, 3.63) is 59.8 Å². The summed E-state index contributed by atoms with van der Waals surface area (Å²) < 4.78 is 27.7. The van der Waals surface area contributed by atoms with Crippen molar-refractivity contribution in [2.75, 3.05) is 38.5 Å². The zero-order chi connectivity index (χ0) is 25.3. The van der Waals surface area contributed by atoms with Gasteiger partial charge in [-0.3, -0.25) is 9.69 Å². The average Bonchev–Trinajstić information content (AvgIpc) is 3.54. The minimum absolute atomic E-state index is 0.0823. The molecule has 2 aliphatic rings. The Morgan fingerprint density at radius 1 is 1.06 bits per heavy atom. The lowest BCUT2D eigenvalue weighted by molar-refractivity contribution is 0.100. The molecule has 0 aliphatic carbocycles. The molecule has 2 saturated heterocycles. The van der Waals surface area contributed by atoms with Crippen molar-refractivity contribution in [3.63, 3.8) is 0 Å². The van der Waals surface area contributed by atoms with E-state index < -0.39 is 15.9 Å². The number of primary amides is 1. The summed E-state index contributed by atoms with van der Waals surface area (Å²) in [6, 6.07) is 13.9. The average molecular weight is 511 g/mol. The smallest absolute Gasteiger partial charge is 0.250 e. The number of carbonyl (C=O) groups excluding carboxylic acids is 1. The highest BCUT2D eigenvalue weighted by Crippen LogP contribution is 2.37. The zero-order valence-electron chi connectivity index (χ0n) is 20.4. The molecule has 2 fully saturated rings. The molecular formula is C27H34N4O4S. The third kappa shape index (κ3) is 4.93. The van der Waals surface area contributed by atoms with Gasteiger partial charge in [0.2, 0.25) is 10.0 Å². The Kier molecular flexibility index (Phi) is 7.16. The number of aliphatic hydroxyl groups excluding tert-OH is 1. The van der Waals surface area contributed by atoms with Crippen LogP contribution in [-0.2, 0) is 10.0 Å². The quantitative estimate of drug-likeness (QED) is 0.430. The summed E-state index contributed by atoms with van der Waals surface area (Å²) in [5, 5.41) is 10.5. The van der Waals surface area contributed by atoms with Crippen LogP contribution >= 0.6 is 0 Å². The predicted molar refractivity (Wildman–Crippen MR) is 141 cm³/mol. The van der Waals surface area contributed by atoms with Crippen LogP contribution in [0.3, 0.4) is 0 Å².